The molecule has 0 bridgehead atoms. The lowest BCUT2D eigenvalue weighted by atomic mass is 10.0. The van der Waals surface area contributed by atoms with Crippen molar-refractivity contribution in [2.75, 3.05) is 0 Å². The van der Waals surface area contributed by atoms with Crippen LogP contribution in [-0.2, 0) is 4.79 Å². The number of rotatable bonds is 3. The monoisotopic (exact) mass is 191 g/mol. The second-order valence-electron chi connectivity index (χ2n) is 3.09. The van der Waals surface area contributed by atoms with E-state index >= 15 is 0 Å². The number of aliphatic carboxylic acids is 1. The van der Waals surface area contributed by atoms with E-state index in [9.17, 15) is 4.79 Å². The van der Waals surface area contributed by atoms with Crippen LogP contribution in [0.2, 0.25) is 0 Å². The lowest BCUT2D eigenvalue weighted by Crippen LogP contribution is -2.06. The second kappa shape index (κ2) is 4.58. The highest BCUT2D eigenvalue weighted by Crippen LogP contribution is 2.16. The maximum absolute atomic E-state index is 10.3. The Balaban J connectivity index is 3.01. The summed E-state index contributed by atoms with van der Waals surface area (Å²) in [6, 6.07) is 7.39. The van der Waals surface area contributed by atoms with Gasteiger partial charge in [-0.2, -0.15) is 0 Å². The molecule has 0 aromatic heterocycles. The summed E-state index contributed by atoms with van der Waals surface area (Å²) in [4.78, 5) is 10.3. The molecule has 1 rings (SSSR count). The average molecular weight is 191 g/mol. The molecule has 3 nitrogen and oxygen atoms in total. The van der Waals surface area contributed by atoms with E-state index < -0.39 is 5.97 Å². The van der Waals surface area contributed by atoms with Gasteiger partial charge in [-0.25, -0.2) is 4.79 Å². The number of benzene rings is 1. The summed E-state index contributed by atoms with van der Waals surface area (Å²) in [6.07, 6.45) is 2.67. The fourth-order valence-corrected chi connectivity index (χ4v) is 1.24. The van der Waals surface area contributed by atoms with Crippen LogP contribution in [0.5, 0.6) is 0 Å². The zero-order chi connectivity index (χ0) is 10.6. The number of nitrogens with two attached hydrogens (primary N) is 1. The van der Waals surface area contributed by atoms with E-state index in [4.69, 9.17) is 10.8 Å². The van der Waals surface area contributed by atoms with Crippen LogP contribution < -0.4 is 5.73 Å². The highest BCUT2D eigenvalue weighted by Gasteiger charge is 2.02. The Morgan fingerprint density at radius 3 is 2.71 bits per heavy atom. The Morgan fingerprint density at radius 2 is 2.14 bits per heavy atom. The van der Waals surface area contributed by atoms with Crippen molar-refractivity contribution < 1.29 is 9.90 Å². The molecule has 74 valence electrons. The van der Waals surface area contributed by atoms with E-state index in [1.165, 1.54) is 0 Å². The van der Waals surface area contributed by atoms with Gasteiger partial charge in [0.1, 0.15) is 0 Å². The van der Waals surface area contributed by atoms with Crippen LogP contribution in [0.1, 0.15) is 24.1 Å². The third-order valence-corrected chi connectivity index (χ3v) is 1.89. The summed E-state index contributed by atoms with van der Waals surface area (Å²) in [5, 5.41) is 8.49. The summed E-state index contributed by atoms with van der Waals surface area (Å²) >= 11 is 0. The second-order valence-corrected chi connectivity index (χ2v) is 3.09. The fourth-order valence-electron chi connectivity index (χ4n) is 1.24. The van der Waals surface area contributed by atoms with Crippen molar-refractivity contribution in [3.05, 3.63) is 41.5 Å². The molecule has 14 heavy (non-hydrogen) atoms. The normalized spacial score (nSPS) is 13.0. The van der Waals surface area contributed by atoms with E-state index in [2.05, 4.69) is 0 Å². The van der Waals surface area contributed by atoms with Crippen molar-refractivity contribution in [1.82, 2.24) is 0 Å². The molecule has 0 aliphatic heterocycles. The van der Waals surface area contributed by atoms with Crippen LogP contribution in [0, 0.1) is 0 Å². The van der Waals surface area contributed by atoms with Crippen molar-refractivity contribution in [3.63, 3.8) is 0 Å². The summed E-state index contributed by atoms with van der Waals surface area (Å²) < 4.78 is 0. The van der Waals surface area contributed by atoms with E-state index in [1.54, 1.807) is 6.08 Å². The maximum atomic E-state index is 10.3. The van der Waals surface area contributed by atoms with Gasteiger partial charge in [-0.1, -0.05) is 24.3 Å². The molecule has 1 aromatic rings. The SMILES string of the molecule is CC(N)c1ccccc1C=CC(=O)O. The predicted octanol–water partition coefficient (Wildman–Crippen LogP) is 1.80. The Hall–Kier alpha value is -1.61. The zero-order valence-electron chi connectivity index (χ0n) is 7.97. The Bertz CT molecular complexity index is 356. The van der Waals surface area contributed by atoms with Crippen LogP contribution in [-0.4, -0.2) is 11.1 Å². The standard InChI is InChI=1S/C11H13NO2/c1-8(12)10-5-3-2-4-9(10)6-7-11(13)14/h2-8H,12H2,1H3,(H,13,14). The first-order chi connectivity index (χ1) is 6.61. The Labute approximate surface area is 82.9 Å². The van der Waals surface area contributed by atoms with Gasteiger partial charge in [-0.05, 0) is 24.1 Å². The van der Waals surface area contributed by atoms with Gasteiger partial charge in [-0.15, -0.1) is 0 Å². The molecule has 0 amide bonds. The van der Waals surface area contributed by atoms with Crippen molar-refractivity contribution in [1.29, 1.82) is 0 Å². The van der Waals surface area contributed by atoms with Gasteiger partial charge >= 0.3 is 5.97 Å². The number of carboxylic acid groups (broad SMARTS) is 1. The molecule has 3 heteroatoms. The lowest BCUT2D eigenvalue weighted by molar-refractivity contribution is -0.131. The first-order valence-electron chi connectivity index (χ1n) is 4.37. The quantitative estimate of drug-likeness (QED) is 0.716. The summed E-state index contributed by atoms with van der Waals surface area (Å²) in [5.41, 5.74) is 7.54. The van der Waals surface area contributed by atoms with Gasteiger partial charge in [0, 0.05) is 12.1 Å². The van der Waals surface area contributed by atoms with E-state index in [-0.39, 0.29) is 6.04 Å². The molecule has 0 aliphatic rings. The van der Waals surface area contributed by atoms with Gasteiger partial charge < -0.3 is 10.8 Å². The topological polar surface area (TPSA) is 63.3 Å². The molecule has 1 aromatic carbocycles. The molecule has 0 saturated carbocycles. The number of carbonyl (C=O) groups is 1. The predicted molar refractivity (Wildman–Crippen MR) is 55.7 cm³/mol. The first kappa shape index (κ1) is 10.5. The summed E-state index contributed by atoms with van der Waals surface area (Å²) in [6.45, 7) is 1.87. The third-order valence-electron chi connectivity index (χ3n) is 1.89. The van der Waals surface area contributed by atoms with Crippen molar-refractivity contribution >= 4 is 12.0 Å². The third kappa shape index (κ3) is 2.71. The molecular weight excluding hydrogens is 178 g/mol. The zero-order valence-corrected chi connectivity index (χ0v) is 7.97. The Morgan fingerprint density at radius 1 is 1.50 bits per heavy atom. The van der Waals surface area contributed by atoms with Crippen LogP contribution in [0.25, 0.3) is 6.08 Å². The maximum Gasteiger partial charge on any atom is 0.328 e. The smallest absolute Gasteiger partial charge is 0.328 e. The van der Waals surface area contributed by atoms with Crippen LogP contribution in [0.15, 0.2) is 30.3 Å². The van der Waals surface area contributed by atoms with Crippen LogP contribution in [0.3, 0.4) is 0 Å². The largest absolute Gasteiger partial charge is 0.478 e. The molecular formula is C11H13NO2. The molecule has 0 heterocycles. The summed E-state index contributed by atoms with van der Waals surface area (Å²) in [5.74, 6) is -0.954. The van der Waals surface area contributed by atoms with Crippen LogP contribution in [0.4, 0.5) is 0 Å². The van der Waals surface area contributed by atoms with Crippen LogP contribution >= 0.6 is 0 Å². The summed E-state index contributed by atoms with van der Waals surface area (Å²) in [7, 11) is 0. The highest BCUT2D eigenvalue weighted by molar-refractivity contribution is 5.85. The first-order valence-corrected chi connectivity index (χ1v) is 4.37. The van der Waals surface area contributed by atoms with Crippen molar-refractivity contribution in [2.24, 2.45) is 5.73 Å². The minimum Gasteiger partial charge on any atom is -0.478 e. The fraction of sp³-hybridized carbons (Fsp3) is 0.182. The van der Waals surface area contributed by atoms with E-state index in [0.717, 1.165) is 17.2 Å². The number of hydrogen-bond acceptors (Lipinski definition) is 2. The van der Waals surface area contributed by atoms with Crippen molar-refractivity contribution in [2.45, 2.75) is 13.0 Å². The minimum absolute atomic E-state index is 0.0929. The van der Waals surface area contributed by atoms with Gasteiger partial charge in [0.2, 0.25) is 0 Å². The molecule has 0 radical (unpaired) electrons. The molecule has 1 atom stereocenters. The molecule has 3 N–H and O–H groups in total. The molecule has 1 unspecified atom stereocenters. The highest BCUT2D eigenvalue weighted by atomic mass is 16.4. The van der Waals surface area contributed by atoms with Gasteiger partial charge in [-0.3, -0.25) is 0 Å². The molecule has 0 spiro atoms. The van der Waals surface area contributed by atoms with E-state index in [1.807, 2.05) is 31.2 Å². The minimum atomic E-state index is -0.954. The van der Waals surface area contributed by atoms with Gasteiger partial charge in [0.05, 0.1) is 0 Å². The van der Waals surface area contributed by atoms with Gasteiger partial charge in [0.25, 0.3) is 0 Å². The average Bonchev–Trinajstić information content (AvgIpc) is 2.15. The van der Waals surface area contributed by atoms with Crippen molar-refractivity contribution in [3.8, 4) is 0 Å². The lowest BCUT2D eigenvalue weighted by Gasteiger charge is -2.08. The number of hydrogen-bond donors (Lipinski definition) is 2. The molecule has 0 fully saturated rings. The molecule has 0 aliphatic carbocycles. The van der Waals surface area contributed by atoms with E-state index in [0.29, 0.717) is 0 Å². The molecule has 0 saturated heterocycles. The van der Waals surface area contributed by atoms with Gasteiger partial charge in [0.15, 0.2) is 0 Å². The Kier molecular flexibility index (Phi) is 3.42. The number of carboxylic acids is 1.